The highest BCUT2D eigenvalue weighted by molar-refractivity contribution is 6.07. The number of anilines is 1. The summed E-state index contributed by atoms with van der Waals surface area (Å²) in [5.41, 5.74) is 0.660. The molecule has 0 saturated carbocycles. The van der Waals surface area contributed by atoms with Crippen LogP contribution in [-0.4, -0.2) is 74.0 Å². The summed E-state index contributed by atoms with van der Waals surface area (Å²) in [4.78, 5) is 33.0. The molecule has 0 bridgehead atoms. The number of guanidine groups is 1. The zero-order chi connectivity index (χ0) is 17.8. The van der Waals surface area contributed by atoms with Crippen LogP contribution in [-0.2, 0) is 9.59 Å². The summed E-state index contributed by atoms with van der Waals surface area (Å²) < 4.78 is 5.08. The molecule has 2 amide bonds. The minimum absolute atomic E-state index is 0.0229. The number of nitrogens with zero attached hydrogens (tertiary/aromatic N) is 3. The standard InChI is InChI=1S/C17H23N5O3/c1-21-7-9-22(10-8-21)17-19-14(16(24)20-17)11-15(23)18-12-3-5-13(25-2)6-4-12/h3-6,14H,7-11H2,1-2H3,(H,18,23)(H,19,20,24)/t14-/m0/s1. The molecule has 2 aliphatic rings. The number of aliphatic imine (C=N–C) groups is 1. The molecule has 2 heterocycles. The van der Waals surface area contributed by atoms with E-state index in [-0.39, 0.29) is 18.2 Å². The van der Waals surface area contributed by atoms with Crippen LogP contribution in [0.5, 0.6) is 5.75 Å². The van der Waals surface area contributed by atoms with Gasteiger partial charge >= 0.3 is 0 Å². The fourth-order valence-electron chi connectivity index (χ4n) is 2.81. The summed E-state index contributed by atoms with van der Waals surface area (Å²) in [5.74, 6) is 0.836. The first-order valence-electron chi connectivity index (χ1n) is 8.31. The molecule has 1 fully saturated rings. The summed E-state index contributed by atoms with van der Waals surface area (Å²) in [6.07, 6.45) is 0.0229. The van der Waals surface area contributed by atoms with Crippen LogP contribution in [0.1, 0.15) is 6.42 Å². The molecule has 2 aliphatic heterocycles. The van der Waals surface area contributed by atoms with E-state index in [1.807, 2.05) is 0 Å². The number of rotatable bonds is 4. The number of nitrogens with one attached hydrogen (secondary N) is 2. The third-order valence-electron chi connectivity index (χ3n) is 4.37. The van der Waals surface area contributed by atoms with Crippen molar-refractivity contribution in [2.24, 2.45) is 4.99 Å². The summed E-state index contributed by atoms with van der Waals surface area (Å²) in [6, 6.07) is 6.37. The predicted molar refractivity (Wildman–Crippen MR) is 94.7 cm³/mol. The van der Waals surface area contributed by atoms with Gasteiger partial charge in [0.25, 0.3) is 5.91 Å². The van der Waals surface area contributed by atoms with Crippen LogP contribution in [0.3, 0.4) is 0 Å². The Labute approximate surface area is 146 Å². The van der Waals surface area contributed by atoms with Crippen molar-refractivity contribution < 1.29 is 14.3 Å². The van der Waals surface area contributed by atoms with Gasteiger partial charge in [-0.15, -0.1) is 0 Å². The Bertz CT molecular complexity index is 665. The number of ether oxygens (including phenoxy) is 1. The molecular weight excluding hydrogens is 322 g/mol. The van der Waals surface area contributed by atoms with Gasteiger partial charge in [0, 0.05) is 31.9 Å². The number of hydrogen-bond acceptors (Lipinski definition) is 6. The molecule has 0 aliphatic carbocycles. The lowest BCUT2D eigenvalue weighted by Gasteiger charge is -2.33. The largest absolute Gasteiger partial charge is 0.497 e. The normalized spacial score (nSPS) is 20.9. The first-order valence-corrected chi connectivity index (χ1v) is 8.31. The number of carbonyl (C=O) groups is 2. The van der Waals surface area contributed by atoms with Crippen LogP contribution in [0.15, 0.2) is 29.3 Å². The number of benzene rings is 1. The SMILES string of the molecule is COc1ccc(NC(=O)C[C@@H]2N=C(N3CCN(C)CC3)NC2=O)cc1. The highest BCUT2D eigenvalue weighted by Gasteiger charge is 2.31. The van der Waals surface area contributed by atoms with E-state index in [9.17, 15) is 9.59 Å². The van der Waals surface area contributed by atoms with Crippen molar-refractivity contribution in [3.05, 3.63) is 24.3 Å². The van der Waals surface area contributed by atoms with Gasteiger partial charge in [-0.1, -0.05) is 0 Å². The van der Waals surface area contributed by atoms with Crippen molar-refractivity contribution in [3.63, 3.8) is 0 Å². The zero-order valence-electron chi connectivity index (χ0n) is 14.5. The minimum atomic E-state index is -0.673. The molecule has 8 nitrogen and oxygen atoms in total. The molecular formula is C17H23N5O3. The topological polar surface area (TPSA) is 86.3 Å². The number of hydrogen-bond donors (Lipinski definition) is 2. The summed E-state index contributed by atoms with van der Waals surface area (Å²) >= 11 is 0. The number of likely N-dealkylation sites (N-methyl/N-ethyl adjacent to an activating group) is 1. The number of carbonyl (C=O) groups excluding carboxylic acids is 2. The van der Waals surface area contributed by atoms with E-state index in [1.54, 1.807) is 31.4 Å². The lowest BCUT2D eigenvalue weighted by atomic mass is 10.2. The van der Waals surface area contributed by atoms with Gasteiger partial charge in [0.1, 0.15) is 11.8 Å². The van der Waals surface area contributed by atoms with Gasteiger partial charge in [-0.3, -0.25) is 14.9 Å². The molecule has 1 atom stereocenters. The smallest absolute Gasteiger partial charge is 0.252 e. The summed E-state index contributed by atoms with van der Waals surface area (Å²) in [6.45, 7) is 3.50. The van der Waals surface area contributed by atoms with Crippen molar-refractivity contribution in [2.75, 3.05) is 45.7 Å². The van der Waals surface area contributed by atoms with Crippen molar-refractivity contribution in [1.82, 2.24) is 15.1 Å². The molecule has 1 aromatic carbocycles. The quantitative estimate of drug-likeness (QED) is 0.810. The van der Waals surface area contributed by atoms with Crippen molar-refractivity contribution in [3.8, 4) is 5.75 Å². The number of methoxy groups -OCH3 is 1. The second-order valence-corrected chi connectivity index (χ2v) is 6.23. The average Bonchev–Trinajstić information content (AvgIpc) is 2.96. The molecule has 0 radical (unpaired) electrons. The van der Waals surface area contributed by atoms with Crippen molar-refractivity contribution in [2.45, 2.75) is 12.5 Å². The first-order chi connectivity index (χ1) is 12.0. The van der Waals surface area contributed by atoms with Gasteiger partial charge in [-0.25, -0.2) is 4.99 Å². The highest BCUT2D eigenvalue weighted by atomic mass is 16.5. The van der Waals surface area contributed by atoms with Crippen LogP contribution in [0.2, 0.25) is 0 Å². The Kier molecular flexibility index (Phi) is 5.18. The third kappa shape index (κ3) is 4.27. The third-order valence-corrected chi connectivity index (χ3v) is 4.37. The van der Waals surface area contributed by atoms with E-state index >= 15 is 0 Å². The second kappa shape index (κ2) is 7.52. The highest BCUT2D eigenvalue weighted by Crippen LogP contribution is 2.16. The molecule has 1 aromatic rings. The van der Waals surface area contributed by atoms with Gasteiger partial charge in [0.05, 0.1) is 13.5 Å². The van der Waals surface area contributed by atoms with Crippen LogP contribution in [0.4, 0.5) is 5.69 Å². The lowest BCUT2D eigenvalue weighted by molar-refractivity contribution is -0.124. The van der Waals surface area contributed by atoms with E-state index in [2.05, 4.69) is 32.5 Å². The Balaban J connectivity index is 1.56. The number of amides is 2. The minimum Gasteiger partial charge on any atom is -0.497 e. The van der Waals surface area contributed by atoms with Crippen molar-refractivity contribution >= 4 is 23.5 Å². The summed E-state index contributed by atoms with van der Waals surface area (Å²) in [5, 5.41) is 5.57. The Morgan fingerprint density at radius 2 is 1.96 bits per heavy atom. The summed E-state index contributed by atoms with van der Waals surface area (Å²) in [7, 11) is 3.65. The lowest BCUT2D eigenvalue weighted by Crippen LogP contribution is -2.50. The molecule has 134 valence electrons. The van der Waals surface area contributed by atoms with Crippen LogP contribution >= 0.6 is 0 Å². The number of piperazine rings is 1. The van der Waals surface area contributed by atoms with E-state index in [0.29, 0.717) is 11.6 Å². The molecule has 2 N–H and O–H groups in total. The van der Waals surface area contributed by atoms with E-state index in [0.717, 1.165) is 31.9 Å². The molecule has 0 unspecified atom stereocenters. The molecule has 0 aromatic heterocycles. The van der Waals surface area contributed by atoms with E-state index in [1.165, 1.54) is 0 Å². The maximum atomic E-state index is 12.2. The molecule has 0 spiro atoms. The molecule has 8 heteroatoms. The van der Waals surface area contributed by atoms with Gasteiger partial charge in [-0.05, 0) is 31.3 Å². The van der Waals surface area contributed by atoms with E-state index < -0.39 is 6.04 Å². The van der Waals surface area contributed by atoms with Crippen LogP contribution in [0.25, 0.3) is 0 Å². The first kappa shape index (κ1) is 17.2. The van der Waals surface area contributed by atoms with Gasteiger partial charge < -0.3 is 19.9 Å². The Morgan fingerprint density at radius 1 is 1.28 bits per heavy atom. The maximum Gasteiger partial charge on any atom is 0.252 e. The van der Waals surface area contributed by atoms with Gasteiger partial charge in [0.15, 0.2) is 0 Å². The predicted octanol–water partition coefficient (Wildman–Crippen LogP) is 0.126. The van der Waals surface area contributed by atoms with Crippen molar-refractivity contribution in [1.29, 1.82) is 0 Å². The van der Waals surface area contributed by atoms with Crippen LogP contribution < -0.4 is 15.4 Å². The fourth-order valence-corrected chi connectivity index (χ4v) is 2.81. The molecule has 1 saturated heterocycles. The Hall–Kier alpha value is -2.61. The Morgan fingerprint density at radius 3 is 2.60 bits per heavy atom. The van der Waals surface area contributed by atoms with E-state index in [4.69, 9.17) is 4.74 Å². The van der Waals surface area contributed by atoms with Gasteiger partial charge in [0.2, 0.25) is 11.9 Å². The van der Waals surface area contributed by atoms with Gasteiger partial charge in [-0.2, -0.15) is 0 Å². The van der Waals surface area contributed by atoms with Crippen LogP contribution in [0, 0.1) is 0 Å². The second-order valence-electron chi connectivity index (χ2n) is 6.23. The maximum absolute atomic E-state index is 12.2. The molecule has 25 heavy (non-hydrogen) atoms. The fraction of sp³-hybridized carbons (Fsp3) is 0.471. The molecule has 3 rings (SSSR count). The monoisotopic (exact) mass is 345 g/mol. The average molecular weight is 345 g/mol. The zero-order valence-corrected chi connectivity index (χ0v) is 14.5.